The van der Waals surface area contributed by atoms with Crippen molar-refractivity contribution in [2.24, 2.45) is 10.9 Å². The summed E-state index contributed by atoms with van der Waals surface area (Å²) in [5.41, 5.74) is 2.32. The van der Waals surface area contributed by atoms with Crippen LogP contribution in [-0.4, -0.2) is 36.5 Å². The van der Waals surface area contributed by atoms with Crippen molar-refractivity contribution in [1.29, 1.82) is 0 Å². The average Bonchev–Trinajstić information content (AvgIpc) is 3.10. The van der Waals surface area contributed by atoms with E-state index in [1.54, 1.807) is 24.3 Å². The summed E-state index contributed by atoms with van der Waals surface area (Å²) in [5, 5.41) is 0.535. The number of likely N-dealkylation sites (tertiary alicyclic amines) is 1. The van der Waals surface area contributed by atoms with Crippen molar-refractivity contribution < 1.29 is 13.6 Å². The van der Waals surface area contributed by atoms with Gasteiger partial charge >= 0.3 is 0 Å². The molecule has 2 aromatic carbocycles. The van der Waals surface area contributed by atoms with Gasteiger partial charge in [0.05, 0.1) is 0 Å². The molecule has 2 aliphatic rings. The second-order valence-corrected chi connectivity index (χ2v) is 8.09. The highest BCUT2D eigenvalue weighted by Crippen LogP contribution is 2.37. The number of nitrogens with zero attached hydrogens (tertiary/aromatic N) is 2. The second kappa shape index (κ2) is 7.72. The van der Waals surface area contributed by atoms with Gasteiger partial charge in [0.15, 0.2) is 17.4 Å². The fourth-order valence-corrected chi connectivity index (χ4v) is 4.37. The number of ketones is 1. The van der Waals surface area contributed by atoms with Crippen molar-refractivity contribution in [2.45, 2.75) is 25.7 Å². The lowest BCUT2D eigenvalue weighted by molar-refractivity contribution is 0.0992. The Morgan fingerprint density at radius 2 is 2.14 bits per heavy atom. The molecule has 0 N–H and O–H groups in total. The van der Waals surface area contributed by atoms with Crippen LogP contribution in [0.5, 0.6) is 0 Å². The van der Waals surface area contributed by atoms with Gasteiger partial charge < -0.3 is 4.90 Å². The van der Waals surface area contributed by atoms with Gasteiger partial charge in [-0.25, -0.2) is 8.78 Å². The molecule has 6 heteroatoms. The molecule has 2 aromatic rings. The number of halogens is 3. The SMILES string of the molecule is CN1CCCC(C2=Nc3c(F)c(F)cc(C(=O)Cc4cccc(Cl)c4)c3C2)C1. The van der Waals surface area contributed by atoms with Crippen molar-refractivity contribution >= 4 is 28.8 Å². The van der Waals surface area contributed by atoms with Crippen molar-refractivity contribution in [1.82, 2.24) is 4.90 Å². The van der Waals surface area contributed by atoms with Gasteiger partial charge in [0.1, 0.15) is 5.69 Å². The van der Waals surface area contributed by atoms with E-state index in [4.69, 9.17) is 11.6 Å². The van der Waals surface area contributed by atoms with Gasteiger partial charge in [-0.15, -0.1) is 0 Å². The van der Waals surface area contributed by atoms with Crippen LogP contribution in [0.25, 0.3) is 0 Å². The first-order valence-electron chi connectivity index (χ1n) is 9.47. The summed E-state index contributed by atoms with van der Waals surface area (Å²) >= 11 is 5.99. The molecule has 0 radical (unpaired) electrons. The summed E-state index contributed by atoms with van der Waals surface area (Å²) in [6.45, 7) is 1.88. The summed E-state index contributed by atoms with van der Waals surface area (Å²) in [4.78, 5) is 19.6. The van der Waals surface area contributed by atoms with E-state index >= 15 is 0 Å². The predicted molar refractivity (Wildman–Crippen MR) is 107 cm³/mol. The molecule has 1 saturated heterocycles. The minimum absolute atomic E-state index is 0.00216. The highest BCUT2D eigenvalue weighted by Gasteiger charge is 2.31. The van der Waals surface area contributed by atoms with Crippen LogP contribution in [-0.2, 0) is 12.8 Å². The molecule has 3 nitrogen and oxygen atoms in total. The molecule has 2 heterocycles. The lowest BCUT2D eigenvalue weighted by Gasteiger charge is -2.29. The first kappa shape index (κ1) is 19.2. The quantitative estimate of drug-likeness (QED) is 0.673. The summed E-state index contributed by atoms with van der Waals surface area (Å²) in [7, 11) is 2.05. The van der Waals surface area contributed by atoms with E-state index in [9.17, 15) is 13.6 Å². The minimum Gasteiger partial charge on any atom is -0.306 e. The first-order chi connectivity index (χ1) is 13.4. The highest BCUT2D eigenvalue weighted by molar-refractivity contribution is 6.30. The molecule has 0 saturated carbocycles. The van der Waals surface area contributed by atoms with Gasteiger partial charge in [-0.05, 0) is 55.8 Å². The van der Waals surface area contributed by atoms with E-state index in [-0.39, 0.29) is 29.4 Å². The molecule has 1 fully saturated rings. The molecule has 0 aliphatic carbocycles. The van der Waals surface area contributed by atoms with Gasteiger partial charge in [-0.1, -0.05) is 23.7 Å². The standard InChI is InChI=1S/C22H21ClF2N2O/c1-27-7-3-5-14(12-27)19-11-17-16(10-18(24)21(25)22(17)26-19)20(28)9-13-4-2-6-15(23)8-13/h2,4,6,8,10,14H,3,5,7,9,11-12H2,1H3. The smallest absolute Gasteiger partial charge is 0.184 e. The molecule has 1 unspecified atom stereocenters. The van der Waals surface area contributed by atoms with E-state index < -0.39 is 11.6 Å². The van der Waals surface area contributed by atoms with Gasteiger partial charge in [-0.2, -0.15) is 0 Å². The van der Waals surface area contributed by atoms with E-state index in [0.29, 0.717) is 17.0 Å². The van der Waals surface area contributed by atoms with Crippen LogP contribution in [0.1, 0.15) is 34.3 Å². The van der Waals surface area contributed by atoms with Crippen LogP contribution in [0.4, 0.5) is 14.5 Å². The Morgan fingerprint density at radius 1 is 1.32 bits per heavy atom. The number of aliphatic imine (C=N–C) groups is 1. The lowest BCUT2D eigenvalue weighted by atomic mass is 9.89. The maximum absolute atomic E-state index is 14.4. The third-order valence-corrected chi connectivity index (χ3v) is 5.80. The fourth-order valence-electron chi connectivity index (χ4n) is 4.16. The number of carbonyl (C=O) groups excluding carboxylic acids is 1. The summed E-state index contributed by atoms with van der Waals surface area (Å²) in [6, 6.07) is 8.02. The maximum atomic E-state index is 14.4. The number of piperidine rings is 1. The summed E-state index contributed by atoms with van der Waals surface area (Å²) in [5.74, 6) is -2.04. The zero-order valence-electron chi connectivity index (χ0n) is 15.6. The zero-order valence-corrected chi connectivity index (χ0v) is 16.4. The van der Waals surface area contributed by atoms with Crippen LogP contribution in [0.3, 0.4) is 0 Å². The van der Waals surface area contributed by atoms with Gasteiger partial charge in [-0.3, -0.25) is 9.79 Å². The van der Waals surface area contributed by atoms with Crippen molar-refractivity contribution in [3.8, 4) is 0 Å². The predicted octanol–water partition coefficient (Wildman–Crippen LogP) is 5.01. The Hall–Kier alpha value is -2.11. The Bertz CT molecular complexity index is 973. The zero-order chi connectivity index (χ0) is 19.8. The topological polar surface area (TPSA) is 32.7 Å². The third-order valence-electron chi connectivity index (χ3n) is 5.56. The minimum atomic E-state index is -1.03. The third kappa shape index (κ3) is 3.74. The normalized spacial score (nSPS) is 19.4. The van der Waals surface area contributed by atoms with Crippen molar-refractivity contribution in [3.05, 3.63) is 63.7 Å². The van der Waals surface area contributed by atoms with Crippen LogP contribution < -0.4 is 0 Å². The van der Waals surface area contributed by atoms with Crippen LogP contribution in [0.2, 0.25) is 5.02 Å². The Morgan fingerprint density at radius 3 is 2.89 bits per heavy atom. The van der Waals surface area contributed by atoms with E-state index in [0.717, 1.165) is 43.3 Å². The van der Waals surface area contributed by atoms with Crippen molar-refractivity contribution in [2.75, 3.05) is 20.1 Å². The molecular weight excluding hydrogens is 382 g/mol. The molecule has 0 amide bonds. The molecule has 0 aromatic heterocycles. The van der Waals surface area contributed by atoms with Crippen LogP contribution >= 0.6 is 11.6 Å². The number of benzene rings is 2. The van der Waals surface area contributed by atoms with Gasteiger partial charge in [0.2, 0.25) is 0 Å². The number of Topliss-reactive ketones (excluding diaryl/α,β-unsaturated/α-hetero) is 1. The molecule has 1 atom stereocenters. The Kier molecular flexibility index (Phi) is 5.30. The molecular formula is C22H21ClF2N2O. The number of hydrogen-bond acceptors (Lipinski definition) is 3. The summed E-state index contributed by atoms with van der Waals surface area (Å²) in [6.07, 6.45) is 2.52. The van der Waals surface area contributed by atoms with Crippen LogP contribution in [0, 0.1) is 17.6 Å². The molecule has 4 rings (SSSR count). The second-order valence-electron chi connectivity index (χ2n) is 7.66. The first-order valence-corrected chi connectivity index (χ1v) is 9.84. The van der Waals surface area contributed by atoms with E-state index in [1.165, 1.54) is 0 Å². The monoisotopic (exact) mass is 402 g/mol. The van der Waals surface area contributed by atoms with Gasteiger partial charge in [0.25, 0.3) is 0 Å². The molecule has 0 bridgehead atoms. The lowest BCUT2D eigenvalue weighted by Crippen LogP contribution is -2.36. The summed E-state index contributed by atoms with van der Waals surface area (Å²) < 4.78 is 28.6. The van der Waals surface area contributed by atoms with E-state index in [2.05, 4.69) is 16.9 Å². The molecule has 146 valence electrons. The average molecular weight is 403 g/mol. The Balaban J connectivity index is 1.64. The molecule has 2 aliphatic heterocycles. The fraction of sp³-hybridized carbons (Fsp3) is 0.364. The Labute approximate surface area is 168 Å². The highest BCUT2D eigenvalue weighted by atomic mass is 35.5. The number of fused-ring (bicyclic) bond motifs is 1. The largest absolute Gasteiger partial charge is 0.306 e. The maximum Gasteiger partial charge on any atom is 0.184 e. The van der Waals surface area contributed by atoms with Crippen LogP contribution in [0.15, 0.2) is 35.3 Å². The molecule has 0 spiro atoms. The molecule has 28 heavy (non-hydrogen) atoms. The van der Waals surface area contributed by atoms with Gasteiger partial charge in [0, 0.05) is 41.6 Å². The number of carbonyl (C=O) groups is 1. The number of rotatable bonds is 4. The number of hydrogen-bond donors (Lipinski definition) is 0. The van der Waals surface area contributed by atoms with Crippen molar-refractivity contribution in [3.63, 3.8) is 0 Å². The van der Waals surface area contributed by atoms with E-state index in [1.807, 2.05) is 0 Å².